The number of nitrogens with zero attached hydrogens (tertiary/aromatic N) is 1. The zero-order chi connectivity index (χ0) is 18.1. The first kappa shape index (κ1) is 18.1. The van der Waals surface area contributed by atoms with Gasteiger partial charge in [-0.25, -0.2) is 0 Å². The standard InChI is InChI=1S/C13H8BF6NO3/c15-12(16,17)9-6-21-11(5-10(9)14(22)23)7-2-1-3-8(4-7)24-13(18,19)20/h1-6,22-23H. The Labute approximate surface area is 131 Å². The Kier molecular flexibility index (Phi) is 4.76. The van der Waals surface area contributed by atoms with Crippen LogP contribution in [0.25, 0.3) is 11.3 Å². The molecule has 0 unspecified atom stereocenters. The highest BCUT2D eigenvalue weighted by Gasteiger charge is 2.37. The molecule has 0 amide bonds. The Bertz CT molecular complexity index is 732. The summed E-state index contributed by atoms with van der Waals surface area (Å²) in [7, 11) is -2.43. The second-order valence-electron chi connectivity index (χ2n) is 4.60. The zero-order valence-corrected chi connectivity index (χ0v) is 11.6. The lowest BCUT2D eigenvalue weighted by Gasteiger charge is -2.14. The van der Waals surface area contributed by atoms with Crippen LogP contribution in [0.5, 0.6) is 5.75 Å². The summed E-state index contributed by atoms with van der Waals surface area (Å²) in [5, 5.41) is 18.2. The van der Waals surface area contributed by atoms with Crippen LogP contribution in [0.15, 0.2) is 36.5 Å². The Morgan fingerprint density at radius 3 is 2.21 bits per heavy atom. The molecule has 0 aliphatic heterocycles. The number of rotatable bonds is 3. The quantitative estimate of drug-likeness (QED) is 0.658. The van der Waals surface area contributed by atoms with Crippen molar-refractivity contribution in [1.82, 2.24) is 4.98 Å². The number of ether oxygens (including phenoxy) is 1. The van der Waals surface area contributed by atoms with Crippen molar-refractivity contribution in [1.29, 1.82) is 0 Å². The highest BCUT2D eigenvalue weighted by molar-refractivity contribution is 6.59. The Morgan fingerprint density at radius 2 is 1.67 bits per heavy atom. The number of hydrogen-bond acceptors (Lipinski definition) is 4. The van der Waals surface area contributed by atoms with Crippen LogP contribution >= 0.6 is 0 Å². The molecule has 2 N–H and O–H groups in total. The minimum absolute atomic E-state index is 0.00683. The molecule has 11 heteroatoms. The third kappa shape index (κ3) is 4.39. The van der Waals surface area contributed by atoms with E-state index in [1.54, 1.807) is 0 Å². The minimum Gasteiger partial charge on any atom is -0.423 e. The summed E-state index contributed by atoms with van der Waals surface area (Å²) in [6, 6.07) is 5.12. The molecule has 2 rings (SSSR count). The number of halogens is 6. The molecule has 0 saturated heterocycles. The van der Waals surface area contributed by atoms with Crippen molar-refractivity contribution in [2.45, 2.75) is 12.5 Å². The summed E-state index contributed by atoms with van der Waals surface area (Å²) < 4.78 is 78.7. The average molecular weight is 351 g/mol. The first-order chi connectivity index (χ1) is 11.0. The maximum absolute atomic E-state index is 12.8. The molecule has 0 bridgehead atoms. The molecule has 0 fully saturated rings. The summed E-state index contributed by atoms with van der Waals surface area (Å²) in [5.41, 5.74) is -2.40. The van der Waals surface area contributed by atoms with Gasteiger partial charge in [0.1, 0.15) is 5.75 Å². The normalized spacial score (nSPS) is 12.2. The molecule has 128 valence electrons. The van der Waals surface area contributed by atoms with Gasteiger partial charge in [-0.1, -0.05) is 12.1 Å². The van der Waals surface area contributed by atoms with Crippen LogP contribution in [0, 0.1) is 0 Å². The van der Waals surface area contributed by atoms with Crippen molar-refractivity contribution in [2.75, 3.05) is 0 Å². The van der Waals surface area contributed by atoms with Crippen LogP contribution in [0.1, 0.15) is 5.56 Å². The molecular weight excluding hydrogens is 343 g/mol. The lowest BCUT2D eigenvalue weighted by Crippen LogP contribution is -2.36. The van der Waals surface area contributed by atoms with Gasteiger partial charge in [0.2, 0.25) is 0 Å². The van der Waals surface area contributed by atoms with Gasteiger partial charge in [-0.05, 0) is 23.7 Å². The van der Waals surface area contributed by atoms with E-state index in [1.165, 1.54) is 12.1 Å². The highest BCUT2D eigenvalue weighted by atomic mass is 19.4. The Morgan fingerprint density at radius 1 is 1.00 bits per heavy atom. The van der Waals surface area contributed by atoms with Crippen LogP contribution in [0.2, 0.25) is 0 Å². The fraction of sp³-hybridized carbons (Fsp3) is 0.154. The predicted molar refractivity (Wildman–Crippen MR) is 71.2 cm³/mol. The van der Waals surface area contributed by atoms with Crippen molar-refractivity contribution in [2.24, 2.45) is 0 Å². The number of hydrogen-bond donors (Lipinski definition) is 2. The monoisotopic (exact) mass is 351 g/mol. The third-order valence-corrected chi connectivity index (χ3v) is 2.88. The van der Waals surface area contributed by atoms with Crippen LogP contribution in [0.3, 0.4) is 0 Å². The molecule has 0 radical (unpaired) electrons. The molecule has 0 saturated carbocycles. The SMILES string of the molecule is OB(O)c1cc(-c2cccc(OC(F)(F)F)c2)ncc1C(F)(F)F. The molecule has 2 aromatic rings. The van der Waals surface area contributed by atoms with Crippen molar-refractivity contribution in [3.8, 4) is 17.0 Å². The van der Waals surface area contributed by atoms with E-state index in [9.17, 15) is 26.3 Å². The minimum atomic E-state index is -4.93. The van der Waals surface area contributed by atoms with E-state index in [4.69, 9.17) is 10.0 Å². The zero-order valence-electron chi connectivity index (χ0n) is 11.6. The summed E-state index contributed by atoms with van der Waals surface area (Å²) in [5.74, 6) is -0.590. The lowest BCUT2D eigenvalue weighted by atomic mass is 9.77. The second kappa shape index (κ2) is 6.32. The van der Waals surface area contributed by atoms with E-state index in [0.717, 1.165) is 18.2 Å². The summed E-state index contributed by atoms with van der Waals surface area (Å²) in [6.45, 7) is 0. The molecule has 1 aromatic carbocycles. The van der Waals surface area contributed by atoms with E-state index in [-0.39, 0.29) is 11.3 Å². The molecular formula is C13H8BF6NO3. The van der Waals surface area contributed by atoms with Crippen LogP contribution in [-0.4, -0.2) is 28.5 Å². The summed E-state index contributed by atoms with van der Waals surface area (Å²) >= 11 is 0. The third-order valence-electron chi connectivity index (χ3n) is 2.88. The fourth-order valence-corrected chi connectivity index (χ4v) is 1.93. The molecule has 0 aliphatic carbocycles. The van der Waals surface area contributed by atoms with Crippen LogP contribution in [0.4, 0.5) is 26.3 Å². The van der Waals surface area contributed by atoms with Gasteiger partial charge in [0.05, 0.1) is 11.3 Å². The van der Waals surface area contributed by atoms with Gasteiger partial charge < -0.3 is 14.8 Å². The van der Waals surface area contributed by atoms with Gasteiger partial charge in [0.15, 0.2) is 0 Å². The fourth-order valence-electron chi connectivity index (χ4n) is 1.93. The maximum Gasteiger partial charge on any atom is 0.573 e. The molecule has 0 spiro atoms. The molecule has 4 nitrogen and oxygen atoms in total. The van der Waals surface area contributed by atoms with Crippen molar-refractivity contribution in [3.63, 3.8) is 0 Å². The lowest BCUT2D eigenvalue weighted by molar-refractivity contribution is -0.274. The molecule has 24 heavy (non-hydrogen) atoms. The van der Waals surface area contributed by atoms with Crippen molar-refractivity contribution >= 4 is 12.6 Å². The van der Waals surface area contributed by atoms with E-state index < -0.39 is 36.4 Å². The molecule has 1 aromatic heterocycles. The van der Waals surface area contributed by atoms with Gasteiger partial charge >= 0.3 is 19.7 Å². The Hall–Kier alpha value is -2.27. The molecule has 0 aliphatic rings. The maximum atomic E-state index is 12.8. The number of pyridine rings is 1. The average Bonchev–Trinajstić information content (AvgIpc) is 2.44. The Balaban J connectivity index is 2.46. The first-order valence-corrected chi connectivity index (χ1v) is 6.27. The number of aromatic nitrogens is 1. The summed E-state index contributed by atoms with van der Waals surface area (Å²) in [4.78, 5) is 3.52. The predicted octanol–water partition coefficient (Wildman–Crippen LogP) is 2.35. The second-order valence-corrected chi connectivity index (χ2v) is 4.60. The van der Waals surface area contributed by atoms with Crippen LogP contribution in [-0.2, 0) is 6.18 Å². The smallest absolute Gasteiger partial charge is 0.423 e. The number of alkyl halides is 6. The van der Waals surface area contributed by atoms with Crippen molar-refractivity contribution in [3.05, 3.63) is 42.1 Å². The van der Waals surface area contributed by atoms with Gasteiger partial charge in [0.25, 0.3) is 0 Å². The van der Waals surface area contributed by atoms with E-state index in [1.807, 2.05) is 0 Å². The van der Waals surface area contributed by atoms with Crippen LogP contribution < -0.4 is 10.2 Å². The number of benzene rings is 1. The molecule has 1 heterocycles. The van der Waals surface area contributed by atoms with Gasteiger partial charge in [-0.2, -0.15) is 13.2 Å². The topological polar surface area (TPSA) is 62.6 Å². The molecule has 0 atom stereocenters. The summed E-state index contributed by atoms with van der Waals surface area (Å²) in [6.07, 6.45) is -9.42. The largest absolute Gasteiger partial charge is 0.573 e. The van der Waals surface area contributed by atoms with Gasteiger partial charge in [-0.15, -0.1) is 13.2 Å². The van der Waals surface area contributed by atoms with E-state index in [2.05, 4.69) is 9.72 Å². The van der Waals surface area contributed by atoms with Gasteiger partial charge in [0, 0.05) is 11.8 Å². The first-order valence-electron chi connectivity index (χ1n) is 6.27. The van der Waals surface area contributed by atoms with Gasteiger partial charge in [-0.3, -0.25) is 4.98 Å². The van der Waals surface area contributed by atoms with E-state index >= 15 is 0 Å². The van der Waals surface area contributed by atoms with E-state index in [0.29, 0.717) is 6.20 Å². The highest BCUT2D eigenvalue weighted by Crippen LogP contribution is 2.30. The van der Waals surface area contributed by atoms with Crippen molar-refractivity contribution < 1.29 is 41.1 Å².